The predicted molar refractivity (Wildman–Crippen MR) is 87.1 cm³/mol. The van der Waals surface area contributed by atoms with Crippen molar-refractivity contribution in [3.8, 4) is 0 Å². The predicted octanol–water partition coefficient (Wildman–Crippen LogP) is 4.80. The normalized spacial score (nSPS) is 9.93. The minimum atomic E-state index is 0.614. The molecule has 80 valence electrons. The maximum atomic E-state index is 5.18. The van der Waals surface area contributed by atoms with Crippen molar-refractivity contribution in [2.75, 3.05) is 0 Å². The van der Waals surface area contributed by atoms with E-state index in [4.69, 9.17) is 24.4 Å². The molecule has 0 aliphatic rings. The van der Waals surface area contributed by atoms with E-state index in [2.05, 4.69) is 24.8 Å². The Balaban J connectivity index is 2.26. The van der Waals surface area contributed by atoms with Gasteiger partial charge in [0.15, 0.2) is 0 Å². The second-order valence-electron chi connectivity index (χ2n) is 2.46. The molecule has 6 heteroatoms. The SMILES string of the molecule is S=C(S)SSC(=S)SCc1ccccc1. The van der Waals surface area contributed by atoms with Crippen LogP contribution in [0.4, 0.5) is 0 Å². The van der Waals surface area contributed by atoms with Crippen LogP contribution in [0, 0.1) is 0 Å². The number of benzene rings is 1. The van der Waals surface area contributed by atoms with Crippen LogP contribution in [-0.4, -0.2) is 7.06 Å². The number of hydrogen-bond acceptors (Lipinski definition) is 5. The van der Waals surface area contributed by atoms with Crippen LogP contribution in [0.15, 0.2) is 30.3 Å². The van der Waals surface area contributed by atoms with Gasteiger partial charge in [0.05, 0.1) is 0 Å². The minimum absolute atomic E-state index is 0.614. The van der Waals surface area contributed by atoms with E-state index in [1.165, 1.54) is 27.2 Å². The van der Waals surface area contributed by atoms with E-state index < -0.39 is 0 Å². The van der Waals surface area contributed by atoms with E-state index in [9.17, 15) is 0 Å². The molecule has 0 aliphatic carbocycles. The molecule has 0 fully saturated rings. The lowest BCUT2D eigenvalue weighted by Gasteiger charge is -2.01. The van der Waals surface area contributed by atoms with Gasteiger partial charge in [-0.1, -0.05) is 54.8 Å². The van der Waals surface area contributed by atoms with Crippen LogP contribution in [0.3, 0.4) is 0 Å². The van der Waals surface area contributed by atoms with Crippen LogP contribution in [0.25, 0.3) is 0 Å². The van der Waals surface area contributed by atoms with E-state index in [-0.39, 0.29) is 0 Å². The molecule has 0 spiro atoms. The fourth-order valence-corrected chi connectivity index (χ4v) is 4.08. The molecule has 0 radical (unpaired) electrons. The number of rotatable bonds is 2. The quantitative estimate of drug-likeness (QED) is 0.472. The van der Waals surface area contributed by atoms with Crippen LogP contribution in [-0.2, 0) is 5.75 Å². The first kappa shape index (κ1) is 13.9. The maximum Gasteiger partial charge on any atom is 0.115 e. The molecule has 0 aliphatic heterocycles. The Morgan fingerprint density at radius 2 is 1.80 bits per heavy atom. The lowest BCUT2D eigenvalue weighted by molar-refractivity contribution is 1.43. The van der Waals surface area contributed by atoms with Crippen LogP contribution in [0.2, 0.25) is 0 Å². The monoisotopic (exact) mass is 308 g/mol. The van der Waals surface area contributed by atoms with Gasteiger partial charge in [0.2, 0.25) is 0 Å². The molecule has 0 N–H and O–H groups in total. The van der Waals surface area contributed by atoms with Crippen molar-refractivity contribution in [3.05, 3.63) is 35.9 Å². The van der Waals surface area contributed by atoms with Crippen molar-refractivity contribution < 1.29 is 0 Å². The molecule has 0 bridgehead atoms. The molecule has 1 aromatic carbocycles. The Morgan fingerprint density at radius 3 is 2.40 bits per heavy atom. The summed E-state index contributed by atoms with van der Waals surface area (Å²) in [6, 6.07) is 10.3. The summed E-state index contributed by atoms with van der Waals surface area (Å²) >= 11 is 15.7. The Hall–Kier alpha value is 0.800. The van der Waals surface area contributed by atoms with Gasteiger partial charge in [0.1, 0.15) is 7.06 Å². The van der Waals surface area contributed by atoms with Crippen molar-refractivity contribution in [1.29, 1.82) is 0 Å². The summed E-state index contributed by atoms with van der Waals surface area (Å²) in [6.07, 6.45) is 0. The van der Waals surface area contributed by atoms with Crippen molar-refractivity contribution in [2.45, 2.75) is 5.75 Å². The molecule has 15 heavy (non-hydrogen) atoms. The zero-order valence-corrected chi connectivity index (χ0v) is 12.6. The smallest absolute Gasteiger partial charge is 0.115 e. The Morgan fingerprint density at radius 1 is 1.13 bits per heavy atom. The molecule has 0 heterocycles. The molecule has 0 nitrogen and oxygen atoms in total. The first-order chi connectivity index (χ1) is 7.18. The summed E-state index contributed by atoms with van der Waals surface area (Å²) in [5, 5.41) is 0. The van der Waals surface area contributed by atoms with Crippen molar-refractivity contribution in [2.24, 2.45) is 0 Å². The van der Waals surface area contributed by atoms with Crippen LogP contribution >= 0.6 is 70.4 Å². The average molecular weight is 309 g/mol. The molecule has 1 aromatic rings. The molecular weight excluding hydrogens is 301 g/mol. The standard InChI is InChI=1S/C9H8S6/c10-8(11)14-15-9(12)13-6-7-4-2-1-3-5-7/h1-5H,6H2,(H,10,11). The maximum absolute atomic E-state index is 5.18. The summed E-state index contributed by atoms with van der Waals surface area (Å²) < 4.78 is 1.50. The largest absolute Gasteiger partial charge is 0.124 e. The highest BCUT2D eigenvalue weighted by Crippen LogP contribution is 2.32. The third-order valence-electron chi connectivity index (χ3n) is 1.38. The summed E-state index contributed by atoms with van der Waals surface area (Å²) in [5.74, 6) is 0.909. The van der Waals surface area contributed by atoms with Gasteiger partial charge in [0.25, 0.3) is 0 Å². The Labute approximate surface area is 118 Å². The second kappa shape index (κ2) is 7.97. The zero-order chi connectivity index (χ0) is 11.1. The average Bonchev–Trinajstić information content (AvgIpc) is 2.25. The summed E-state index contributed by atoms with van der Waals surface area (Å²) in [5.41, 5.74) is 1.28. The summed E-state index contributed by atoms with van der Waals surface area (Å²) in [4.78, 5) is 0. The first-order valence-electron chi connectivity index (χ1n) is 3.96. The van der Waals surface area contributed by atoms with Gasteiger partial charge in [0, 0.05) is 5.75 Å². The summed E-state index contributed by atoms with van der Waals surface area (Å²) in [6.45, 7) is 0. The van der Waals surface area contributed by atoms with Gasteiger partial charge in [-0.3, -0.25) is 0 Å². The van der Waals surface area contributed by atoms with E-state index in [1.54, 1.807) is 11.8 Å². The van der Waals surface area contributed by atoms with Crippen LogP contribution in [0.1, 0.15) is 5.56 Å². The highest BCUT2D eigenvalue weighted by molar-refractivity contribution is 8.95. The van der Waals surface area contributed by atoms with E-state index >= 15 is 0 Å². The first-order valence-corrected chi connectivity index (χ1v) is 8.36. The van der Waals surface area contributed by atoms with Crippen LogP contribution < -0.4 is 0 Å². The van der Waals surface area contributed by atoms with Crippen LogP contribution in [0.5, 0.6) is 0 Å². The summed E-state index contributed by atoms with van der Waals surface area (Å²) in [7, 11) is 2.92. The lowest BCUT2D eigenvalue weighted by atomic mass is 10.2. The third kappa shape index (κ3) is 6.86. The molecule has 0 saturated carbocycles. The highest BCUT2D eigenvalue weighted by atomic mass is 33.1. The molecule has 1 rings (SSSR count). The number of thiol groups is 1. The number of hydrogen-bond donors (Lipinski definition) is 1. The second-order valence-corrected chi connectivity index (χ2v) is 8.49. The molecule has 0 amide bonds. The van der Waals surface area contributed by atoms with Crippen molar-refractivity contribution in [1.82, 2.24) is 0 Å². The van der Waals surface area contributed by atoms with E-state index in [0.29, 0.717) is 3.53 Å². The Bertz CT molecular complexity index is 334. The minimum Gasteiger partial charge on any atom is -0.124 e. The van der Waals surface area contributed by atoms with Gasteiger partial charge in [-0.25, -0.2) is 0 Å². The Kier molecular flexibility index (Phi) is 7.37. The van der Waals surface area contributed by atoms with Gasteiger partial charge < -0.3 is 0 Å². The molecule has 0 atom stereocenters. The van der Waals surface area contributed by atoms with Gasteiger partial charge in [-0.05, 0) is 27.2 Å². The van der Waals surface area contributed by atoms with Gasteiger partial charge in [-0.2, -0.15) is 0 Å². The molecule has 0 saturated heterocycles. The third-order valence-corrected chi connectivity index (χ3v) is 6.76. The number of thioether (sulfide) groups is 1. The molecule has 0 aromatic heterocycles. The van der Waals surface area contributed by atoms with Gasteiger partial charge >= 0.3 is 0 Å². The molecule has 0 unspecified atom stereocenters. The zero-order valence-electron chi connectivity index (χ0n) is 7.58. The lowest BCUT2D eigenvalue weighted by Crippen LogP contribution is -1.83. The van der Waals surface area contributed by atoms with E-state index in [0.717, 1.165) is 9.28 Å². The highest BCUT2D eigenvalue weighted by Gasteiger charge is 2.01. The van der Waals surface area contributed by atoms with Crippen molar-refractivity contribution in [3.63, 3.8) is 0 Å². The topological polar surface area (TPSA) is 0 Å². The number of thiocarbonyl (C=S) groups is 2. The van der Waals surface area contributed by atoms with Gasteiger partial charge in [-0.15, -0.1) is 24.4 Å². The fourth-order valence-electron chi connectivity index (χ4n) is 0.810. The van der Waals surface area contributed by atoms with Crippen molar-refractivity contribution >= 4 is 77.5 Å². The van der Waals surface area contributed by atoms with E-state index in [1.807, 2.05) is 18.2 Å². The molecular formula is C9H8S6. The fraction of sp³-hybridized carbons (Fsp3) is 0.111.